The molecule has 456 valence electrons. The van der Waals surface area contributed by atoms with Gasteiger partial charge in [0, 0.05) is 43.2 Å². The zero-order valence-electron chi connectivity index (χ0n) is 45.8. The monoisotopic (exact) mass is 1170 g/mol. The number of hydrogen-bond acceptors (Lipinski definition) is 17. The SMILES string of the molecule is NCCCC[C@H](NC(=O)[C@H](CCCN=C(N)N)NC(=O)[C@H](CO)NC(=O)[C@H](CCCN=C(N)N)NC(=O)[C@@H](N)Cc1ccc(O)cc1)C(=O)N[C@@H](CO)C(=O)N[C@@H](CO)C(=O)N[C@@H](Cc1c[nH]c2ccccc12)C(=O)N1CCC[C@H]1C(=O)O. The number of amides is 8. The molecule has 0 radical (unpaired) electrons. The number of nitrogens with two attached hydrogens (primary N) is 6. The highest BCUT2D eigenvalue weighted by Crippen LogP contribution is 2.23. The standard InChI is InChI=1S/C52H79N17O14/c53-18-4-3-10-34(44(76)67-40(27-72)48(80)68-39(26-71)47(79)65-37(49(81)69-21-7-13-41(69)50(82)83)23-29-24-61-33-9-2-1-8-31(29)33)63-43(75)36(12-6-20-60-52(57)58)64-46(78)38(25-70)66-45(77)35(11-5-19-59-51(55)56)62-42(74)32(54)22-28-14-16-30(73)17-15-28/h1-2,8-9,14-17,24,32,34-41,61,70-73H,3-7,10-13,18-23,25-27,53-54H2,(H,62,74)(H,63,75)(H,64,78)(H,65,79)(H,66,77)(H,67,76)(H,68,80)(H,82,83)(H4,55,56,59)(H4,57,58,60)/t32-,34-,35-,36-,37-,38-,39-,40-,41-/m0/s1. The van der Waals surface area contributed by atoms with Crippen LogP contribution in [0.4, 0.5) is 0 Å². The van der Waals surface area contributed by atoms with E-state index in [-0.39, 0.29) is 102 Å². The number of aliphatic imine (C=N–C) groups is 2. The second-order valence-electron chi connectivity index (χ2n) is 19.7. The minimum absolute atomic E-state index is 0.00717. The van der Waals surface area contributed by atoms with Gasteiger partial charge in [0.05, 0.1) is 25.9 Å². The van der Waals surface area contributed by atoms with E-state index < -0.39 is 127 Å². The number of guanidine groups is 2. The maximum atomic E-state index is 14.2. The Bertz CT molecular complexity index is 2740. The van der Waals surface area contributed by atoms with Crippen molar-refractivity contribution < 1.29 is 68.7 Å². The summed E-state index contributed by atoms with van der Waals surface area (Å²) in [5.41, 5.74) is 35.6. The molecule has 4 rings (SSSR count). The van der Waals surface area contributed by atoms with E-state index in [0.717, 1.165) is 15.8 Å². The number of aliphatic hydroxyl groups excluding tert-OH is 3. The molecule has 25 N–H and O–H groups in total. The van der Waals surface area contributed by atoms with Gasteiger partial charge in [-0.15, -0.1) is 0 Å². The number of carboxylic acid groups (broad SMARTS) is 1. The largest absolute Gasteiger partial charge is 0.508 e. The number of fused-ring (bicyclic) bond motifs is 1. The van der Waals surface area contributed by atoms with Gasteiger partial charge in [-0.2, -0.15) is 0 Å². The Morgan fingerprint density at radius 1 is 0.590 bits per heavy atom. The highest BCUT2D eigenvalue weighted by atomic mass is 16.4. The molecule has 1 aromatic heterocycles. The summed E-state index contributed by atoms with van der Waals surface area (Å²) in [6, 6.07) is -0.356. The van der Waals surface area contributed by atoms with Crippen LogP contribution in [0.15, 0.2) is 64.7 Å². The summed E-state index contributed by atoms with van der Waals surface area (Å²) >= 11 is 0. The number of rotatable bonds is 35. The predicted octanol–water partition coefficient (Wildman–Crippen LogP) is -6.33. The number of carboxylic acids is 1. The van der Waals surface area contributed by atoms with Crippen LogP contribution >= 0.6 is 0 Å². The number of aliphatic hydroxyl groups is 3. The Kier molecular flexibility index (Phi) is 27.3. The molecule has 0 saturated carbocycles. The molecule has 0 spiro atoms. The molecule has 3 aromatic rings. The average molecular weight is 1170 g/mol. The number of aliphatic carboxylic acids is 1. The number of phenolic OH excluding ortho intramolecular Hbond substituents is 1. The number of hydrogen-bond donors (Lipinski definition) is 19. The molecule has 1 aliphatic rings. The van der Waals surface area contributed by atoms with E-state index in [1.807, 2.05) is 0 Å². The molecule has 0 aliphatic carbocycles. The molecule has 0 unspecified atom stereocenters. The highest BCUT2D eigenvalue weighted by Gasteiger charge is 2.40. The van der Waals surface area contributed by atoms with Crippen LogP contribution in [-0.4, -0.2) is 201 Å². The van der Waals surface area contributed by atoms with Crippen molar-refractivity contribution in [3.63, 3.8) is 0 Å². The Balaban J connectivity index is 1.50. The molecule has 31 heteroatoms. The number of likely N-dealkylation sites (tertiary alicyclic amines) is 1. The minimum atomic E-state index is -1.82. The van der Waals surface area contributed by atoms with E-state index in [4.69, 9.17) is 34.4 Å². The Labute approximate surface area is 477 Å². The molecule has 0 bridgehead atoms. The van der Waals surface area contributed by atoms with Crippen molar-refractivity contribution in [1.82, 2.24) is 47.1 Å². The second-order valence-corrected chi connectivity index (χ2v) is 19.7. The summed E-state index contributed by atoms with van der Waals surface area (Å²) in [5.74, 6) is -9.51. The highest BCUT2D eigenvalue weighted by molar-refractivity contribution is 5.98. The first-order chi connectivity index (χ1) is 39.6. The minimum Gasteiger partial charge on any atom is -0.508 e. The van der Waals surface area contributed by atoms with E-state index in [9.17, 15) is 68.7 Å². The van der Waals surface area contributed by atoms with Crippen LogP contribution in [-0.2, 0) is 56.0 Å². The lowest BCUT2D eigenvalue weighted by Crippen LogP contribution is -2.61. The molecule has 1 saturated heterocycles. The quantitative estimate of drug-likeness (QED) is 0.0148. The first kappa shape index (κ1) is 66.9. The molecule has 1 aliphatic heterocycles. The molecule has 9 atom stereocenters. The summed E-state index contributed by atoms with van der Waals surface area (Å²) in [4.78, 5) is 135. The van der Waals surface area contributed by atoms with Gasteiger partial charge in [0.2, 0.25) is 47.3 Å². The Morgan fingerprint density at radius 3 is 1.51 bits per heavy atom. The number of unbranched alkanes of at least 4 members (excludes halogenated alkanes) is 1. The van der Waals surface area contributed by atoms with Gasteiger partial charge in [-0.05, 0) is 100 Å². The van der Waals surface area contributed by atoms with Crippen LogP contribution in [0.2, 0.25) is 0 Å². The zero-order valence-corrected chi connectivity index (χ0v) is 45.8. The fraction of sp³-hybridized carbons (Fsp3) is 0.519. The predicted molar refractivity (Wildman–Crippen MR) is 302 cm³/mol. The summed E-state index contributed by atoms with van der Waals surface area (Å²) in [5, 5.41) is 68.4. The third-order valence-corrected chi connectivity index (χ3v) is 13.4. The first-order valence-electron chi connectivity index (χ1n) is 27.0. The summed E-state index contributed by atoms with van der Waals surface area (Å²) in [6.45, 7) is -2.85. The van der Waals surface area contributed by atoms with Crippen molar-refractivity contribution in [2.24, 2.45) is 44.4 Å². The van der Waals surface area contributed by atoms with Gasteiger partial charge in [-0.3, -0.25) is 48.3 Å². The number of nitrogens with zero attached hydrogens (tertiary/aromatic N) is 3. The van der Waals surface area contributed by atoms with E-state index in [2.05, 4.69) is 52.2 Å². The van der Waals surface area contributed by atoms with Gasteiger partial charge in [-0.25, -0.2) is 4.79 Å². The number of H-pyrrole nitrogens is 1. The lowest BCUT2D eigenvalue weighted by Gasteiger charge is -2.29. The van der Waals surface area contributed by atoms with Gasteiger partial charge >= 0.3 is 5.97 Å². The smallest absolute Gasteiger partial charge is 0.326 e. The maximum Gasteiger partial charge on any atom is 0.326 e. The molecule has 2 aromatic carbocycles. The van der Waals surface area contributed by atoms with Crippen molar-refractivity contribution in [1.29, 1.82) is 0 Å². The number of nitrogens with one attached hydrogen (secondary N) is 8. The van der Waals surface area contributed by atoms with E-state index in [1.54, 1.807) is 42.6 Å². The molecular weight excluding hydrogens is 1090 g/mol. The van der Waals surface area contributed by atoms with Gasteiger partial charge in [0.25, 0.3) is 0 Å². The number of carbonyl (C=O) groups excluding carboxylic acids is 8. The van der Waals surface area contributed by atoms with Crippen LogP contribution in [0.1, 0.15) is 68.9 Å². The lowest BCUT2D eigenvalue weighted by molar-refractivity contribution is -0.149. The van der Waals surface area contributed by atoms with Crippen LogP contribution in [0.25, 0.3) is 10.9 Å². The number of phenols is 1. The molecule has 83 heavy (non-hydrogen) atoms. The van der Waals surface area contributed by atoms with Gasteiger partial charge < -0.3 is 107 Å². The summed E-state index contributed by atoms with van der Waals surface area (Å²) in [6.07, 6.45) is 2.49. The number of carbonyl (C=O) groups is 9. The number of para-hydroxylation sites is 1. The number of aromatic nitrogens is 1. The summed E-state index contributed by atoms with van der Waals surface area (Å²) < 4.78 is 0. The molecule has 2 heterocycles. The Hall–Kier alpha value is -8.65. The van der Waals surface area contributed by atoms with Crippen molar-refractivity contribution in [3.05, 3.63) is 65.9 Å². The zero-order chi connectivity index (χ0) is 61.2. The molecule has 8 amide bonds. The maximum absolute atomic E-state index is 14.2. The molecule has 31 nitrogen and oxygen atoms in total. The third-order valence-electron chi connectivity index (χ3n) is 13.4. The van der Waals surface area contributed by atoms with E-state index in [0.29, 0.717) is 24.0 Å². The number of aromatic hydroxyl groups is 1. The molecular formula is C52H79N17O14. The lowest BCUT2D eigenvalue weighted by atomic mass is 10.0. The van der Waals surface area contributed by atoms with Crippen LogP contribution in [0.3, 0.4) is 0 Å². The second kappa shape index (κ2) is 33.9. The summed E-state index contributed by atoms with van der Waals surface area (Å²) in [7, 11) is 0. The normalized spacial score (nSPS) is 15.8. The van der Waals surface area contributed by atoms with Crippen molar-refractivity contribution in [3.8, 4) is 5.75 Å². The van der Waals surface area contributed by atoms with Crippen LogP contribution in [0, 0.1) is 0 Å². The van der Waals surface area contributed by atoms with Crippen molar-refractivity contribution in [2.75, 3.05) is 46.0 Å². The Morgan fingerprint density at radius 2 is 1.04 bits per heavy atom. The fourth-order valence-electron chi connectivity index (χ4n) is 8.99. The third kappa shape index (κ3) is 21.3. The van der Waals surface area contributed by atoms with Gasteiger partial charge in [-0.1, -0.05) is 30.3 Å². The van der Waals surface area contributed by atoms with E-state index in [1.165, 1.54) is 12.1 Å². The fourth-order valence-corrected chi connectivity index (χ4v) is 8.99. The molecule has 1 fully saturated rings. The van der Waals surface area contributed by atoms with E-state index >= 15 is 0 Å². The van der Waals surface area contributed by atoms with Crippen molar-refractivity contribution >= 4 is 76.0 Å². The first-order valence-corrected chi connectivity index (χ1v) is 27.0. The van der Waals surface area contributed by atoms with Crippen LogP contribution in [0.5, 0.6) is 5.75 Å². The van der Waals surface area contributed by atoms with Gasteiger partial charge in [0.1, 0.15) is 54.1 Å². The van der Waals surface area contributed by atoms with Crippen LogP contribution < -0.4 is 71.6 Å². The number of benzene rings is 2. The average Bonchev–Trinajstić information content (AvgIpc) is 4.25. The van der Waals surface area contributed by atoms with Gasteiger partial charge in [0.15, 0.2) is 11.9 Å². The number of aromatic amines is 1. The topological polar surface area (TPSA) is 539 Å². The van der Waals surface area contributed by atoms with Crippen molar-refractivity contribution in [2.45, 2.75) is 125 Å².